The lowest BCUT2D eigenvalue weighted by atomic mass is 9.87. The Morgan fingerprint density at radius 2 is 1.88 bits per heavy atom. The summed E-state index contributed by atoms with van der Waals surface area (Å²) in [5.41, 5.74) is 1.98. The molecule has 2 aliphatic rings. The molecule has 41 heavy (non-hydrogen) atoms. The second-order valence-corrected chi connectivity index (χ2v) is 11.4. The zero-order chi connectivity index (χ0) is 29.5. The third-order valence-electron chi connectivity index (χ3n) is 7.33. The lowest BCUT2D eigenvalue weighted by molar-refractivity contribution is -0.139. The van der Waals surface area contributed by atoms with Crippen LogP contribution in [0.3, 0.4) is 0 Å². The average Bonchev–Trinajstić information content (AvgIpc) is 3.84. The van der Waals surface area contributed by atoms with Crippen LogP contribution in [-0.4, -0.2) is 84.2 Å². The van der Waals surface area contributed by atoms with Gasteiger partial charge in [-0.05, 0) is 83.3 Å². The van der Waals surface area contributed by atoms with Crippen LogP contribution in [0.25, 0.3) is 0 Å². The highest BCUT2D eigenvalue weighted by atomic mass is 127. The smallest absolute Gasteiger partial charge is 0.247 e. The molecule has 0 saturated heterocycles. The maximum absolute atomic E-state index is 13.6. The van der Waals surface area contributed by atoms with Crippen molar-refractivity contribution in [2.75, 3.05) is 33.9 Å². The summed E-state index contributed by atoms with van der Waals surface area (Å²) in [5, 5.41) is 33.2. The molecule has 0 aromatic heterocycles. The Balaban J connectivity index is 1.66. The first-order valence-electron chi connectivity index (χ1n) is 13.6. The van der Waals surface area contributed by atoms with Crippen molar-refractivity contribution >= 4 is 34.4 Å². The van der Waals surface area contributed by atoms with E-state index in [2.05, 4.69) is 27.9 Å². The van der Waals surface area contributed by atoms with Crippen LogP contribution >= 0.6 is 22.6 Å². The van der Waals surface area contributed by atoms with Crippen LogP contribution in [0, 0.1) is 9.49 Å². The number of benzene rings is 2. The molecule has 11 heteroatoms. The summed E-state index contributed by atoms with van der Waals surface area (Å²) in [6, 6.07) is 10.3. The third kappa shape index (κ3) is 7.70. The Labute approximate surface area is 253 Å². The normalized spacial score (nSPS) is 20.1. The fourth-order valence-electron chi connectivity index (χ4n) is 4.98. The maximum Gasteiger partial charge on any atom is 0.247 e. The van der Waals surface area contributed by atoms with E-state index in [0.29, 0.717) is 39.2 Å². The van der Waals surface area contributed by atoms with Crippen LogP contribution in [0.2, 0.25) is 0 Å². The van der Waals surface area contributed by atoms with Gasteiger partial charge in [-0.3, -0.25) is 9.59 Å². The van der Waals surface area contributed by atoms with E-state index >= 15 is 0 Å². The highest BCUT2D eigenvalue weighted by Crippen LogP contribution is 2.38. The Kier molecular flexibility index (Phi) is 10.9. The summed E-state index contributed by atoms with van der Waals surface area (Å²) in [6.45, 7) is 0.0180. The summed E-state index contributed by atoms with van der Waals surface area (Å²) in [5.74, 6) is 0.907. The summed E-state index contributed by atoms with van der Waals surface area (Å²) >= 11 is 2.07. The van der Waals surface area contributed by atoms with Gasteiger partial charge >= 0.3 is 0 Å². The highest BCUT2D eigenvalue weighted by Gasteiger charge is 2.44. The third-order valence-corrected chi connectivity index (χ3v) is 8.13. The van der Waals surface area contributed by atoms with E-state index in [-0.39, 0.29) is 38.0 Å². The summed E-state index contributed by atoms with van der Waals surface area (Å²) in [4.78, 5) is 28.4. The highest BCUT2D eigenvalue weighted by molar-refractivity contribution is 14.1. The number of hydrogen-bond donors (Lipinski definition) is 4. The van der Waals surface area contributed by atoms with Gasteiger partial charge in [-0.1, -0.05) is 12.1 Å². The van der Waals surface area contributed by atoms with Crippen molar-refractivity contribution in [2.24, 2.45) is 5.92 Å². The Morgan fingerprint density at radius 1 is 1.10 bits per heavy atom. The molecule has 2 amide bonds. The molecule has 2 aromatic rings. The number of ether oxygens (including phenoxy) is 3. The molecule has 3 atom stereocenters. The van der Waals surface area contributed by atoms with Crippen LogP contribution in [0.1, 0.15) is 30.4 Å². The predicted molar refractivity (Wildman–Crippen MR) is 160 cm³/mol. The van der Waals surface area contributed by atoms with E-state index in [1.807, 2.05) is 24.3 Å². The van der Waals surface area contributed by atoms with Gasteiger partial charge in [0, 0.05) is 31.0 Å². The molecule has 0 radical (unpaired) electrons. The van der Waals surface area contributed by atoms with E-state index in [0.717, 1.165) is 24.2 Å². The fraction of sp³-hybridized carbons (Fsp3) is 0.467. The number of hydrogen-bond acceptors (Lipinski definition) is 8. The topological polar surface area (TPSA) is 138 Å². The predicted octanol–water partition coefficient (Wildman–Crippen LogP) is 2.20. The number of carbonyl (C=O) groups excluding carboxylic acids is 2. The van der Waals surface area contributed by atoms with Gasteiger partial charge in [0.05, 0.1) is 37.0 Å². The SMILES string of the molecule is COc1cccc(CCN(C(=O)C2CC2)C2CC(C(=O)NCCO)=CC(Oc3c(I)cc(CO)cc3OC)C2O)c1. The van der Waals surface area contributed by atoms with Crippen molar-refractivity contribution in [3.63, 3.8) is 0 Å². The Hall–Kier alpha value is -2.87. The van der Waals surface area contributed by atoms with E-state index in [4.69, 9.17) is 14.2 Å². The van der Waals surface area contributed by atoms with E-state index in [1.165, 1.54) is 7.11 Å². The zero-order valence-corrected chi connectivity index (χ0v) is 25.4. The minimum atomic E-state index is -1.14. The first-order chi connectivity index (χ1) is 19.8. The number of carbonyl (C=O) groups is 2. The van der Waals surface area contributed by atoms with Crippen LogP contribution < -0.4 is 19.5 Å². The molecule has 3 unspecified atom stereocenters. The second kappa shape index (κ2) is 14.3. The van der Waals surface area contributed by atoms with Crippen LogP contribution in [0.15, 0.2) is 48.0 Å². The van der Waals surface area contributed by atoms with Gasteiger partial charge in [-0.2, -0.15) is 0 Å². The van der Waals surface area contributed by atoms with Crippen molar-refractivity contribution in [1.29, 1.82) is 0 Å². The van der Waals surface area contributed by atoms with E-state index in [9.17, 15) is 24.9 Å². The molecule has 0 aliphatic heterocycles. The van der Waals surface area contributed by atoms with Gasteiger partial charge in [-0.15, -0.1) is 0 Å². The van der Waals surface area contributed by atoms with Gasteiger partial charge in [0.2, 0.25) is 11.8 Å². The van der Waals surface area contributed by atoms with Crippen LogP contribution in [0.4, 0.5) is 0 Å². The van der Waals surface area contributed by atoms with Crippen molar-refractivity contribution in [3.8, 4) is 17.2 Å². The van der Waals surface area contributed by atoms with Gasteiger partial charge in [0.1, 0.15) is 18.0 Å². The van der Waals surface area contributed by atoms with Crippen molar-refractivity contribution < 1.29 is 39.1 Å². The molecule has 222 valence electrons. The monoisotopic (exact) mass is 680 g/mol. The molecule has 0 spiro atoms. The van der Waals surface area contributed by atoms with Crippen molar-refractivity contribution in [2.45, 2.75) is 50.5 Å². The van der Waals surface area contributed by atoms with Gasteiger partial charge in [-0.25, -0.2) is 0 Å². The first-order valence-corrected chi connectivity index (χ1v) is 14.7. The molecule has 10 nitrogen and oxygen atoms in total. The number of nitrogens with zero attached hydrogens (tertiary/aromatic N) is 1. The number of aliphatic hydroxyl groups is 3. The number of nitrogens with one attached hydrogen (secondary N) is 1. The summed E-state index contributed by atoms with van der Waals surface area (Å²) in [7, 11) is 3.08. The molecule has 0 bridgehead atoms. The van der Waals surface area contributed by atoms with Crippen LogP contribution in [0.5, 0.6) is 17.2 Å². The number of methoxy groups -OCH3 is 2. The lowest BCUT2D eigenvalue weighted by Gasteiger charge is -2.41. The molecule has 1 saturated carbocycles. The number of rotatable bonds is 13. The molecule has 4 N–H and O–H groups in total. The van der Waals surface area contributed by atoms with E-state index in [1.54, 1.807) is 30.2 Å². The van der Waals surface area contributed by atoms with Crippen LogP contribution in [-0.2, 0) is 22.6 Å². The molecular weight excluding hydrogens is 643 g/mol. The lowest BCUT2D eigenvalue weighted by Crippen LogP contribution is -2.56. The molecule has 4 rings (SSSR count). The number of amides is 2. The molecule has 2 aliphatic carbocycles. The standard InChI is InChI=1S/C30H37IN2O8/c1-39-22-5-3-4-18(12-22)8-10-33(30(38)20-6-7-20)24-15-21(29(37)32-9-11-34)16-25(27(24)36)41-28-23(31)13-19(17-35)14-26(28)40-2/h3-5,12-14,16,20,24-25,27,34-36H,6-11,15,17H2,1-2H3,(H,32,37). The van der Waals surface area contributed by atoms with Gasteiger partial charge < -0.3 is 39.7 Å². The molecule has 0 heterocycles. The first kappa shape index (κ1) is 31.1. The zero-order valence-electron chi connectivity index (χ0n) is 23.2. The largest absolute Gasteiger partial charge is 0.497 e. The number of halogens is 1. The summed E-state index contributed by atoms with van der Waals surface area (Å²) in [6.07, 6.45) is 1.71. The average molecular weight is 681 g/mol. The maximum atomic E-state index is 13.6. The minimum Gasteiger partial charge on any atom is -0.497 e. The molecule has 2 aromatic carbocycles. The minimum absolute atomic E-state index is 0.0489. The van der Waals surface area contributed by atoms with Crippen molar-refractivity contribution in [3.05, 3.63) is 62.7 Å². The van der Waals surface area contributed by atoms with E-state index < -0.39 is 24.2 Å². The fourth-order valence-corrected chi connectivity index (χ4v) is 5.77. The molecular formula is C30H37IN2O8. The van der Waals surface area contributed by atoms with Gasteiger partial charge in [0.15, 0.2) is 11.5 Å². The Morgan fingerprint density at radius 3 is 2.54 bits per heavy atom. The quantitative estimate of drug-likeness (QED) is 0.237. The number of aliphatic hydroxyl groups excluding tert-OH is 3. The summed E-state index contributed by atoms with van der Waals surface area (Å²) < 4.78 is 17.8. The molecule has 1 fully saturated rings. The van der Waals surface area contributed by atoms with Crippen molar-refractivity contribution in [1.82, 2.24) is 10.2 Å². The second-order valence-electron chi connectivity index (χ2n) is 10.2. The van der Waals surface area contributed by atoms with Gasteiger partial charge in [0.25, 0.3) is 0 Å². The Bertz CT molecular complexity index is 1270.